The third kappa shape index (κ3) is 4.05. The zero-order valence-electron chi connectivity index (χ0n) is 15.8. The van der Waals surface area contributed by atoms with Gasteiger partial charge in [-0.25, -0.2) is 0 Å². The normalized spacial score (nSPS) is 10.6. The maximum atomic E-state index is 5.70. The van der Waals surface area contributed by atoms with Crippen LogP contribution in [0.2, 0.25) is 0 Å². The fourth-order valence-corrected chi connectivity index (χ4v) is 2.69. The Labute approximate surface area is 150 Å². The summed E-state index contributed by atoms with van der Waals surface area (Å²) in [5.41, 5.74) is 5.56. The molecule has 132 valence electrons. The average Bonchev–Trinajstić information content (AvgIpc) is 2.64. The van der Waals surface area contributed by atoms with E-state index in [0.29, 0.717) is 17.2 Å². The van der Waals surface area contributed by atoms with E-state index >= 15 is 0 Å². The van der Waals surface area contributed by atoms with Gasteiger partial charge in [0.1, 0.15) is 0 Å². The molecule has 2 aromatic carbocycles. The highest BCUT2D eigenvalue weighted by molar-refractivity contribution is 5.86. The largest absolute Gasteiger partial charge is 0.493 e. The van der Waals surface area contributed by atoms with Crippen molar-refractivity contribution in [3.05, 3.63) is 58.7 Å². The summed E-state index contributed by atoms with van der Waals surface area (Å²) in [6.07, 6.45) is 4.17. The second-order valence-electron chi connectivity index (χ2n) is 5.98. The second kappa shape index (κ2) is 8.43. The Kier molecular flexibility index (Phi) is 6.29. The number of allylic oxidation sites excluding steroid dienone is 2. The summed E-state index contributed by atoms with van der Waals surface area (Å²) in [6.45, 7) is 6.28. The molecule has 0 saturated carbocycles. The van der Waals surface area contributed by atoms with E-state index in [4.69, 9.17) is 14.2 Å². The van der Waals surface area contributed by atoms with Crippen LogP contribution in [0.15, 0.2) is 42.0 Å². The first-order valence-corrected chi connectivity index (χ1v) is 8.24. The summed E-state index contributed by atoms with van der Waals surface area (Å²) in [5, 5.41) is 0. The van der Waals surface area contributed by atoms with Crippen LogP contribution in [-0.2, 0) is 0 Å². The van der Waals surface area contributed by atoms with Crippen LogP contribution < -0.4 is 14.2 Å². The van der Waals surface area contributed by atoms with Crippen molar-refractivity contribution < 1.29 is 14.2 Å². The van der Waals surface area contributed by atoms with Gasteiger partial charge in [-0.3, -0.25) is 0 Å². The van der Waals surface area contributed by atoms with Crippen LogP contribution in [0.1, 0.15) is 37.5 Å². The van der Waals surface area contributed by atoms with Gasteiger partial charge in [-0.05, 0) is 43.5 Å². The zero-order valence-corrected chi connectivity index (χ0v) is 15.8. The minimum Gasteiger partial charge on any atom is -0.493 e. The second-order valence-corrected chi connectivity index (χ2v) is 5.98. The van der Waals surface area contributed by atoms with Gasteiger partial charge in [0.05, 0.1) is 21.3 Å². The molecule has 3 nitrogen and oxygen atoms in total. The van der Waals surface area contributed by atoms with E-state index in [2.05, 4.69) is 45.1 Å². The highest BCUT2D eigenvalue weighted by Gasteiger charge is 2.21. The SMILES string of the molecule is COc1cc(/C=C/c2ccccc2)c(C(C)=C(C)C)c(OC)c1OC. The first kappa shape index (κ1) is 18.7. The van der Waals surface area contributed by atoms with Crippen LogP contribution in [0, 0.1) is 0 Å². The molecule has 3 heteroatoms. The highest BCUT2D eigenvalue weighted by Crippen LogP contribution is 2.45. The summed E-state index contributed by atoms with van der Waals surface area (Å²) in [7, 11) is 4.92. The number of hydrogen-bond donors (Lipinski definition) is 0. The van der Waals surface area contributed by atoms with Crippen molar-refractivity contribution in [2.75, 3.05) is 21.3 Å². The topological polar surface area (TPSA) is 27.7 Å². The molecule has 0 heterocycles. The molecule has 0 radical (unpaired) electrons. The minimum atomic E-state index is 0.609. The van der Waals surface area contributed by atoms with Gasteiger partial charge in [0.15, 0.2) is 11.5 Å². The maximum absolute atomic E-state index is 5.70. The first-order valence-electron chi connectivity index (χ1n) is 8.24. The molecule has 0 unspecified atom stereocenters. The molecule has 0 fully saturated rings. The molecule has 0 aliphatic rings. The lowest BCUT2D eigenvalue weighted by Gasteiger charge is -2.19. The van der Waals surface area contributed by atoms with Gasteiger partial charge in [0.2, 0.25) is 5.75 Å². The third-order valence-electron chi connectivity index (χ3n) is 4.24. The predicted molar refractivity (Wildman–Crippen MR) is 105 cm³/mol. The molecule has 0 aromatic heterocycles. The summed E-state index contributed by atoms with van der Waals surface area (Å²) >= 11 is 0. The lowest BCUT2D eigenvalue weighted by Crippen LogP contribution is -2.01. The number of rotatable bonds is 6. The quantitative estimate of drug-likeness (QED) is 0.633. The lowest BCUT2D eigenvalue weighted by atomic mass is 9.94. The number of benzene rings is 2. The lowest BCUT2D eigenvalue weighted by molar-refractivity contribution is 0.323. The van der Waals surface area contributed by atoms with E-state index in [1.54, 1.807) is 21.3 Å². The van der Waals surface area contributed by atoms with Crippen molar-refractivity contribution in [3.8, 4) is 17.2 Å². The van der Waals surface area contributed by atoms with Gasteiger partial charge in [-0.2, -0.15) is 0 Å². The number of methoxy groups -OCH3 is 3. The van der Waals surface area contributed by atoms with Gasteiger partial charge in [0, 0.05) is 5.56 Å². The van der Waals surface area contributed by atoms with Gasteiger partial charge < -0.3 is 14.2 Å². The van der Waals surface area contributed by atoms with E-state index in [1.807, 2.05) is 24.3 Å². The monoisotopic (exact) mass is 338 g/mol. The zero-order chi connectivity index (χ0) is 18.4. The van der Waals surface area contributed by atoms with E-state index in [1.165, 1.54) is 5.57 Å². The standard InChI is InChI=1S/C22H26O3/c1-15(2)16(3)20-18(13-12-17-10-8-7-9-11-17)14-19(23-4)21(24-5)22(20)25-6/h7-14H,1-6H3/b13-12+. The van der Waals surface area contributed by atoms with Crippen LogP contribution in [0.25, 0.3) is 17.7 Å². The van der Waals surface area contributed by atoms with Gasteiger partial charge in [-0.15, -0.1) is 0 Å². The molecule has 0 spiro atoms. The molecule has 0 atom stereocenters. The molecule has 25 heavy (non-hydrogen) atoms. The molecule has 0 aliphatic heterocycles. The van der Waals surface area contributed by atoms with E-state index in [9.17, 15) is 0 Å². The van der Waals surface area contributed by atoms with Crippen molar-refractivity contribution >= 4 is 17.7 Å². The fourth-order valence-electron chi connectivity index (χ4n) is 2.69. The van der Waals surface area contributed by atoms with E-state index in [0.717, 1.165) is 22.3 Å². The number of hydrogen-bond acceptors (Lipinski definition) is 3. The smallest absolute Gasteiger partial charge is 0.203 e. The molecule has 0 bridgehead atoms. The average molecular weight is 338 g/mol. The first-order chi connectivity index (χ1) is 12.0. The van der Waals surface area contributed by atoms with Crippen molar-refractivity contribution in [1.82, 2.24) is 0 Å². The van der Waals surface area contributed by atoms with E-state index in [-0.39, 0.29) is 0 Å². The van der Waals surface area contributed by atoms with Crippen molar-refractivity contribution in [1.29, 1.82) is 0 Å². The molecular formula is C22H26O3. The highest BCUT2D eigenvalue weighted by atomic mass is 16.5. The van der Waals surface area contributed by atoms with Crippen molar-refractivity contribution in [2.24, 2.45) is 0 Å². The molecule has 0 N–H and O–H groups in total. The summed E-state index contributed by atoms with van der Waals surface area (Å²) < 4.78 is 16.8. The fraction of sp³-hybridized carbons (Fsp3) is 0.273. The molecule has 0 aliphatic carbocycles. The Balaban J connectivity index is 2.72. The number of ether oxygens (including phenoxy) is 3. The predicted octanol–water partition coefficient (Wildman–Crippen LogP) is 5.70. The van der Waals surface area contributed by atoms with Crippen molar-refractivity contribution in [2.45, 2.75) is 20.8 Å². The van der Waals surface area contributed by atoms with Gasteiger partial charge in [-0.1, -0.05) is 48.1 Å². The van der Waals surface area contributed by atoms with Gasteiger partial charge >= 0.3 is 0 Å². The maximum Gasteiger partial charge on any atom is 0.203 e. The Bertz CT molecular complexity index is 783. The molecule has 0 amide bonds. The molecule has 2 aromatic rings. The molecule has 0 saturated heterocycles. The van der Waals surface area contributed by atoms with Crippen LogP contribution in [0.3, 0.4) is 0 Å². The Morgan fingerprint density at radius 2 is 1.44 bits per heavy atom. The summed E-state index contributed by atoms with van der Waals surface area (Å²) in [5.74, 6) is 1.95. The summed E-state index contributed by atoms with van der Waals surface area (Å²) in [6, 6.07) is 12.2. The Morgan fingerprint density at radius 3 is 1.96 bits per heavy atom. The van der Waals surface area contributed by atoms with Crippen LogP contribution >= 0.6 is 0 Å². The Morgan fingerprint density at radius 1 is 0.800 bits per heavy atom. The molecule has 2 rings (SSSR count). The van der Waals surface area contributed by atoms with Crippen LogP contribution in [-0.4, -0.2) is 21.3 Å². The van der Waals surface area contributed by atoms with Crippen LogP contribution in [0.5, 0.6) is 17.2 Å². The van der Waals surface area contributed by atoms with Crippen LogP contribution in [0.4, 0.5) is 0 Å². The summed E-state index contributed by atoms with van der Waals surface area (Å²) in [4.78, 5) is 0. The Hall–Kier alpha value is -2.68. The van der Waals surface area contributed by atoms with E-state index < -0.39 is 0 Å². The third-order valence-corrected chi connectivity index (χ3v) is 4.24. The van der Waals surface area contributed by atoms with Crippen molar-refractivity contribution in [3.63, 3.8) is 0 Å². The molecular weight excluding hydrogens is 312 g/mol. The van der Waals surface area contributed by atoms with Gasteiger partial charge in [0.25, 0.3) is 0 Å². The minimum absolute atomic E-state index is 0.609.